The Kier molecular flexibility index (Phi) is 5.11. The van der Waals surface area contributed by atoms with Gasteiger partial charge in [-0.15, -0.1) is 0 Å². The number of aryl methyl sites for hydroxylation is 1. The Bertz CT molecular complexity index is 507. The molecule has 0 saturated heterocycles. The predicted octanol–water partition coefficient (Wildman–Crippen LogP) is 2.62. The summed E-state index contributed by atoms with van der Waals surface area (Å²) in [4.78, 5) is 22.0. The average molecular weight is 262 g/mol. The number of carbonyl (C=O) groups is 2. The highest BCUT2D eigenvalue weighted by Crippen LogP contribution is 2.16. The molecule has 1 aromatic carbocycles. The van der Waals surface area contributed by atoms with E-state index in [2.05, 4.69) is 10.6 Å². The molecule has 0 aliphatic rings. The first kappa shape index (κ1) is 14.8. The molecule has 5 nitrogen and oxygen atoms in total. The van der Waals surface area contributed by atoms with E-state index in [1.165, 1.54) is 6.08 Å². The summed E-state index contributed by atoms with van der Waals surface area (Å²) in [5.41, 5.74) is 2.36. The molecule has 19 heavy (non-hydrogen) atoms. The lowest BCUT2D eigenvalue weighted by atomic mass is 10.1. The normalized spacial score (nSPS) is 10.7. The van der Waals surface area contributed by atoms with Gasteiger partial charge in [-0.25, -0.2) is 9.59 Å². The van der Waals surface area contributed by atoms with Gasteiger partial charge >= 0.3 is 12.0 Å². The summed E-state index contributed by atoms with van der Waals surface area (Å²) in [5, 5.41) is 14.0. The van der Waals surface area contributed by atoms with E-state index in [9.17, 15) is 9.59 Å². The van der Waals surface area contributed by atoms with Gasteiger partial charge in [0.05, 0.1) is 0 Å². The van der Waals surface area contributed by atoms with Crippen LogP contribution in [0.15, 0.2) is 24.3 Å². The number of hydrogen-bond acceptors (Lipinski definition) is 2. The topological polar surface area (TPSA) is 78.4 Å². The van der Waals surface area contributed by atoms with Crippen LogP contribution in [-0.2, 0) is 4.79 Å². The van der Waals surface area contributed by atoms with E-state index < -0.39 is 5.97 Å². The van der Waals surface area contributed by atoms with E-state index >= 15 is 0 Å². The van der Waals surface area contributed by atoms with Crippen LogP contribution in [0, 0.1) is 6.92 Å². The van der Waals surface area contributed by atoms with E-state index in [0.29, 0.717) is 5.69 Å². The zero-order valence-corrected chi connectivity index (χ0v) is 11.2. The van der Waals surface area contributed by atoms with Crippen LogP contribution in [0.5, 0.6) is 0 Å². The van der Waals surface area contributed by atoms with Gasteiger partial charge in [0.25, 0.3) is 0 Å². The van der Waals surface area contributed by atoms with E-state index in [1.807, 2.05) is 20.8 Å². The molecule has 3 N–H and O–H groups in total. The highest BCUT2D eigenvalue weighted by atomic mass is 16.4. The van der Waals surface area contributed by atoms with Crippen molar-refractivity contribution in [1.82, 2.24) is 5.32 Å². The monoisotopic (exact) mass is 262 g/mol. The Morgan fingerprint density at radius 3 is 2.53 bits per heavy atom. The van der Waals surface area contributed by atoms with Crippen LogP contribution in [0.2, 0.25) is 0 Å². The van der Waals surface area contributed by atoms with Gasteiger partial charge in [0.1, 0.15) is 0 Å². The van der Waals surface area contributed by atoms with Crippen molar-refractivity contribution in [3.63, 3.8) is 0 Å². The molecule has 1 aromatic rings. The van der Waals surface area contributed by atoms with Gasteiger partial charge < -0.3 is 15.7 Å². The Balaban J connectivity index is 2.77. The maximum Gasteiger partial charge on any atom is 0.328 e. The van der Waals surface area contributed by atoms with E-state index in [4.69, 9.17) is 5.11 Å². The number of carbonyl (C=O) groups excluding carboxylic acids is 1. The minimum atomic E-state index is -0.988. The summed E-state index contributed by atoms with van der Waals surface area (Å²) >= 11 is 0. The van der Waals surface area contributed by atoms with Crippen molar-refractivity contribution in [1.29, 1.82) is 0 Å². The standard InChI is InChI=1S/C14H18N2O3/c1-9(2)15-14(19)16-12-6-4-11(10(3)8-12)5-7-13(17)18/h4-9H,1-3H3,(H,17,18)(H2,15,16,19)/b7-5+. The number of anilines is 1. The van der Waals surface area contributed by atoms with Crippen LogP contribution in [0.3, 0.4) is 0 Å². The lowest BCUT2D eigenvalue weighted by molar-refractivity contribution is -0.131. The molecule has 0 radical (unpaired) electrons. The fourth-order valence-electron chi connectivity index (χ4n) is 1.53. The molecule has 0 aliphatic heterocycles. The number of amides is 2. The van der Waals surface area contributed by atoms with Crippen LogP contribution in [0.4, 0.5) is 10.5 Å². The lowest BCUT2D eigenvalue weighted by Gasteiger charge is -2.11. The zero-order chi connectivity index (χ0) is 14.4. The van der Waals surface area contributed by atoms with Crippen molar-refractivity contribution in [2.24, 2.45) is 0 Å². The Morgan fingerprint density at radius 2 is 2.00 bits per heavy atom. The zero-order valence-electron chi connectivity index (χ0n) is 11.2. The summed E-state index contributed by atoms with van der Waals surface area (Å²) in [6, 6.07) is 5.09. The third kappa shape index (κ3) is 5.25. The molecule has 0 spiro atoms. The average Bonchev–Trinajstić information content (AvgIpc) is 2.26. The molecular formula is C14H18N2O3. The molecule has 0 aliphatic carbocycles. The van der Waals surface area contributed by atoms with Gasteiger partial charge in [0.15, 0.2) is 0 Å². The number of carboxylic acid groups (broad SMARTS) is 1. The molecule has 0 saturated carbocycles. The third-order valence-electron chi connectivity index (χ3n) is 2.35. The van der Waals surface area contributed by atoms with Gasteiger partial charge in [-0.05, 0) is 50.1 Å². The number of carboxylic acids is 1. The molecule has 0 fully saturated rings. The Hall–Kier alpha value is -2.30. The molecule has 5 heteroatoms. The molecule has 0 atom stereocenters. The Morgan fingerprint density at radius 1 is 1.32 bits per heavy atom. The van der Waals surface area contributed by atoms with Crippen LogP contribution in [-0.4, -0.2) is 23.1 Å². The van der Waals surface area contributed by atoms with Crippen LogP contribution >= 0.6 is 0 Å². The highest BCUT2D eigenvalue weighted by molar-refractivity contribution is 5.90. The molecule has 0 bridgehead atoms. The Labute approximate surface area is 112 Å². The smallest absolute Gasteiger partial charge is 0.328 e. The summed E-state index contributed by atoms with van der Waals surface area (Å²) in [7, 11) is 0. The molecule has 0 aromatic heterocycles. The van der Waals surface area contributed by atoms with Gasteiger partial charge in [-0.3, -0.25) is 0 Å². The first-order chi connectivity index (χ1) is 8.88. The van der Waals surface area contributed by atoms with E-state index in [-0.39, 0.29) is 12.1 Å². The minimum Gasteiger partial charge on any atom is -0.478 e. The third-order valence-corrected chi connectivity index (χ3v) is 2.35. The van der Waals surface area contributed by atoms with Crippen molar-refractivity contribution < 1.29 is 14.7 Å². The second-order valence-corrected chi connectivity index (χ2v) is 4.50. The molecule has 0 unspecified atom stereocenters. The second kappa shape index (κ2) is 6.58. The molecular weight excluding hydrogens is 244 g/mol. The van der Waals surface area contributed by atoms with Crippen molar-refractivity contribution >= 4 is 23.8 Å². The number of rotatable bonds is 4. The van der Waals surface area contributed by atoms with E-state index in [0.717, 1.165) is 17.2 Å². The van der Waals surface area contributed by atoms with Crippen LogP contribution < -0.4 is 10.6 Å². The fraction of sp³-hybridized carbons (Fsp3) is 0.286. The minimum absolute atomic E-state index is 0.0684. The predicted molar refractivity (Wildman–Crippen MR) is 75.1 cm³/mol. The number of aliphatic carboxylic acids is 1. The van der Waals surface area contributed by atoms with Crippen molar-refractivity contribution in [2.75, 3.05) is 5.32 Å². The van der Waals surface area contributed by atoms with Crippen LogP contribution in [0.25, 0.3) is 6.08 Å². The number of urea groups is 1. The van der Waals surface area contributed by atoms with Gasteiger partial charge in [-0.1, -0.05) is 6.07 Å². The molecule has 1 rings (SSSR count). The van der Waals surface area contributed by atoms with Gasteiger partial charge in [0.2, 0.25) is 0 Å². The maximum absolute atomic E-state index is 11.5. The number of nitrogens with one attached hydrogen (secondary N) is 2. The second-order valence-electron chi connectivity index (χ2n) is 4.50. The quantitative estimate of drug-likeness (QED) is 0.730. The first-order valence-electron chi connectivity index (χ1n) is 5.97. The lowest BCUT2D eigenvalue weighted by Crippen LogP contribution is -2.34. The molecule has 102 valence electrons. The van der Waals surface area contributed by atoms with Crippen molar-refractivity contribution in [3.05, 3.63) is 35.4 Å². The number of hydrogen-bond donors (Lipinski definition) is 3. The van der Waals surface area contributed by atoms with Crippen molar-refractivity contribution in [3.8, 4) is 0 Å². The molecule has 0 heterocycles. The largest absolute Gasteiger partial charge is 0.478 e. The van der Waals surface area contributed by atoms with Crippen LogP contribution in [0.1, 0.15) is 25.0 Å². The molecule has 2 amide bonds. The number of benzene rings is 1. The first-order valence-corrected chi connectivity index (χ1v) is 5.97. The van der Waals surface area contributed by atoms with Crippen molar-refractivity contribution in [2.45, 2.75) is 26.8 Å². The van der Waals surface area contributed by atoms with Gasteiger partial charge in [-0.2, -0.15) is 0 Å². The summed E-state index contributed by atoms with van der Waals surface area (Å²) < 4.78 is 0. The highest BCUT2D eigenvalue weighted by Gasteiger charge is 2.04. The summed E-state index contributed by atoms with van der Waals surface area (Å²) in [5.74, 6) is -0.988. The summed E-state index contributed by atoms with van der Waals surface area (Å²) in [6.45, 7) is 5.61. The fourth-order valence-corrected chi connectivity index (χ4v) is 1.53. The SMILES string of the molecule is Cc1cc(NC(=O)NC(C)C)ccc1/C=C/C(=O)O. The van der Waals surface area contributed by atoms with Gasteiger partial charge in [0, 0.05) is 17.8 Å². The van der Waals surface area contributed by atoms with E-state index in [1.54, 1.807) is 18.2 Å². The maximum atomic E-state index is 11.5. The summed E-state index contributed by atoms with van der Waals surface area (Å²) in [6.07, 6.45) is 2.61.